The van der Waals surface area contributed by atoms with Crippen molar-refractivity contribution in [1.82, 2.24) is 15.5 Å². The second-order valence-corrected chi connectivity index (χ2v) is 7.66. The number of aliphatic imine (C=N–C) groups is 1. The van der Waals surface area contributed by atoms with E-state index in [4.69, 9.17) is 23.6 Å². The zero-order valence-electron chi connectivity index (χ0n) is 19.7. The maximum Gasteiger partial charge on any atom is 0.191 e. The molecule has 1 aliphatic rings. The lowest BCUT2D eigenvalue weighted by molar-refractivity contribution is 0.0377. The molecule has 0 amide bonds. The standard InChI is InChI=1S/C24H36N4O4.HI/c1-29-22-7-6-20(19-23(22)30-2)8-11-26-24(27-12-9-21-5-3-16-32-21)25-10-4-13-28-14-17-31-18-15-28;/h3,5-7,16,19H,4,8-15,17-18H2,1-2H3,(H2,25,26,27);1H. The van der Waals surface area contributed by atoms with Gasteiger partial charge in [0.2, 0.25) is 0 Å². The summed E-state index contributed by atoms with van der Waals surface area (Å²) in [6.45, 7) is 7.07. The van der Waals surface area contributed by atoms with Gasteiger partial charge >= 0.3 is 0 Å². The van der Waals surface area contributed by atoms with Gasteiger partial charge in [-0.25, -0.2) is 0 Å². The van der Waals surface area contributed by atoms with E-state index >= 15 is 0 Å². The summed E-state index contributed by atoms with van der Waals surface area (Å²) >= 11 is 0. The van der Waals surface area contributed by atoms with Gasteiger partial charge < -0.3 is 29.3 Å². The molecule has 2 aromatic rings. The van der Waals surface area contributed by atoms with E-state index in [0.29, 0.717) is 0 Å². The zero-order chi connectivity index (χ0) is 22.4. The van der Waals surface area contributed by atoms with Crippen LogP contribution >= 0.6 is 24.0 Å². The Bertz CT molecular complexity index is 811. The van der Waals surface area contributed by atoms with Crippen LogP contribution in [0.15, 0.2) is 46.0 Å². The minimum atomic E-state index is 0. The molecule has 1 aromatic heterocycles. The van der Waals surface area contributed by atoms with E-state index in [9.17, 15) is 0 Å². The average Bonchev–Trinajstić information content (AvgIpc) is 3.35. The Kier molecular flexibility index (Phi) is 13.0. The second-order valence-electron chi connectivity index (χ2n) is 7.66. The van der Waals surface area contributed by atoms with E-state index in [0.717, 1.165) is 95.0 Å². The summed E-state index contributed by atoms with van der Waals surface area (Å²) in [5.41, 5.74) is 1.18. The molecule has 0 atom stereocenters. The van der Waals surface area contributed by atoms with Crippen molar-refractivity contribution in [2.45, 2.75) is 19.3 Å². The Labute approximate surface area is 214 Å². The van der Waals surface area contributed by atoms with Crippen molar-refractivity contribution in [3.8, 4) is 11.5 Å². The molecule has 33 heavy (non-hydrogen) atoms. The van der Waals surface area contributed by atoms with E-state index in [1.807, 2.05) is 24.3 Å². The second kappa shape index (κ2) is 15.8. The predicted molar refractivity (Wildman–Crippen MR) is 141 cm³/mol. The largest absolute Gasteiger partial charge is 0.493 e. The third kappa shape index (κ3) is 9.81. The maximum absolute atomic E-state index is 5.42. The topological polar surface area (TPSA) is 80.5 Å². The van der Waals surface area contributed by atoms with Crippen LogP contribution in [0.4, 0.5) is 0 Å². The number of hydrogen-bond donors (Lipinski definition) is 2. The van der Waals surface area contributed by atoms with Crippen LogP contribution in [0.1, 0.15) is 17.7 Å². The molecule has 2 heterocycles. The number of guanidine groups is 1. The van der Waals surface area contributed by atoms with Crippen LogP contribution in [0.5, 0.6) is 11.5 Å². The fraction of sp³-hybridized carbons (Fsp3) is 0.542. The molecule has 1 aliphatic heterocycles. The van der Waals surface area contributed by atoms with E-state index < -0.39 is 0 Å². The van der Waals surface area contributed by atoms with Gasteiger partial charge in [0.25, 0.3) is 0 Å². The summed E-state index contributed by atoms with van der Waals surface area (Å²) < 4.78 is 21.6. The first kappa shape index (κ1) is 27.3. The summed E-state index contributed by atoms with van der Waals surface area (Å²) in [6, 6.07) is 9.93. The van der Waals surface area contributed by atoms with Crippen LogP contribution in [-0.2, 0) is 17.6 Å². The zero-order valence-corrected chi connectivity index (χ0v) is 22.0. The minimum Gasteiger partial charge on any atom is -0.493 e. The summed E-state index contributed by atoms with van der Waals surface area (Å²) in [5.74, 6) is 3.29. The van der Waals surface area contributed by atoms with Crippen molar-refractivity contribution >= 4 is 29.9 Å². The van der Waals surface area contributed by atoms with Gasteiger partial charge in [0, 0.05) is 45.7 Å². The Morgan fingerprint density at radius 2 is 1.79 bits per heavy atom. The van der Waals surface area contributed by atoms with Crippen molar-refractivity contribution in [3.05, 3.63) is 47.9 Å². The highest BCUT2D eigenvalue weighted by atomic mass is 127. The first-order chi connectivity index (χ1) is 15.8. The molecule has 8 nitrogen and oxygen atoms in total. The lowest BCUT2D eigenvalue weighted by Gasteiger charge is -2.26. The third-order valence-corrected chi connectivity index (χ3v) is 5.40. The quantitative estimate of drug-likeness (QED) is 0.175. The molecule has 1 saturated heterocycles. The first-order valence-corrected chi connectivity index (χ1v) is 11.3. The highest BCUT2D eigenvalue weighted by molar-refractivity contribution is 14.0. The molecule has 184 valence electrons. The molecule has 0 aliphatic carbocycles. The van der Waals surface area contributed by atoms with Gasteiger partial charge in [0.05, 0.1) is 33.7 Å². The van der Waals surface area contributed by atoms with Gasteiger partial charge in [-0.05, 0) is 42.7 Å². The monoisotopic (exact) mass is 572 g/mol. The van der Waals surface area contributed by atoms with Crippen molar-refractivity contribution < 1.29 is 18.6 Å². The van der Waals surface area contributed by atoms with Crippen LogP contribution in [0, 0.1) is 0 Å². The van der Waals surface area contributed by atoms with Crippen LogP contribution in [0.2, 0.25) is 0 Å². The number of benzene rings is 1. The molecule has 2 N–H and O–H groups in total. The van der Waals surface area contributed by atoms with Crippen LogP contribution in [-0.4, -0.2) is 77.6 Å². The van der Waals surface area contributed by atoms with Gasteiger partial charge in [-0.3, -0.25) is 9.89 Å². The molecule has 0 spiro atoms. The molecule has 1 aromatic carbocycles. The maximum atomic E-state index is 5.42. The Balaban J connectivity index is 0.00000385. The number of furan rings is 1. The minimum absolute atomic E-state index is 0. The highest BCUT2D eigenvalue weighted by Gasteiger charge is 2.09. The van der Waals surface area contributed by atoms with Crippen molar-refractivity contribution in [1.29, 1.82) is 0 Å². The molecular formula is C24H37IN4O4. The normalized spacial score (nSPS) is 14.4. The average molecular weight is 572 g/mol. The summed E-state index contributed by atoms with van der Waals surface area (Å²) in [4.78, 5) is 7.22. The molecule has 3 rings (SSSR count). The van der Waals surface area contributed by atoms with Gasteiger partial charge in [-0.15, -0.1) is 24.0 Å². The number of morpholine rings is 1. The van der Waals surface area contributed by atoms with Crippen molar-refractivity contribution in [2.24, 2.45) is 4.99 Å². The Hall–Kier alpha value is -1.98. The van der Waals surface area contributed by atoms with Crippen LogP contribution in [0.3, 0.4) is 0 Å². The summed E-state index contributed by atoms with van der Waals surface area (Å²) in [6.07, 6.45) is 4.41. The van der Waals surface area contributed by atoms with Gasteiger partial charge in [-0.1, -0.05) is 6.07 Å². The number of nitrogens with one attached hydrogen (secondary N) is 2. The fourth-order valence-corrected chi connectivity index (χ4v) is 3.60. The number of methoxy groups -OCH3 is 2. The summed E-state index contributed by atoms with van der Waals surface area (Å²) in [5, 5.41) is 6.88. The summed E-state index contributed by atoms with van der Waals surface area (Å²) in [7, 11) is 3.31. The number of rotatable bonds is 12. The van der Waals surface area contributed by atoms with Crippen LogP contribution < -0.4 is 20.1 Å². The molecular weight excluding hydrogens is 535 g/mol. The number of nitrogens with zero attached hydrogens (tertiary/aromatic N) is 2. The third-order valence-electron chi connectivity index (χ3n) is 5.40. The lowest BCUT2D eigenvalue weighted by atomic mass is 10.1. The number of ether oxygens (including phenoxy) is 3. The van der Waals surface area contributed by atoms with Gasteiger partial charge in [0.15, 0.2) is 17.5 Å². The molecule has 0 radical (unpaired) electrons. The number of halogens is 1. The van der Waals surface area contributed by atoms with E-state index in [1.54, 1.807) is 20.5 Å². The van der Waals surface area contributed by atoms with Gasteiger partial charge in [0.1, 0.15) is 5.76 Å². The van der Waals surface area contributed by atoms with Gasteiger partial charge in [-0.2, -0.15) is 0 Å². The van der Waals surface area contributed by atoms with E-state index in [-0.39, 0.29) is 24.0 Å². The molecule has 9 heteroatoms. The predicted octanol–water partition coefficient (Wildman–Crippen LogP) is 2.96. The Morgan fingerprint density at radius 3 is 2.48 bits per heavy atom. The Morgan fingerprint density at radius 1 is 1.03 bits per heavy atom. The molecule has 0 bridgehead atoms. The van der Waals surface area contributed by atoms with Crippen molar-refractivity contribution in [2.75, 3.05) is 66.7 Å². The molecule has 0 unspecified atom stereocenters. The van der Waals surface area contributed by atoms with E-state index in [2.05, 4.69) is 21.6 Å². The van der Waals surface area contributed by atoms with Crippen LogP contribution in [0.25, 0.3) is 0 Å². The SMILES string of the molecule is COc1ccc(CCNC(=NCCCN2CCOCC2)NCCc2ccco2)cc1OC.I. The first-order valence-electron chi connectivity index (χ1n) is 11.3. The smallest absolute Gasteiger partial charge is 0.191 e. The number of hydrogen-bond acceptors (Lipinski definition) is 6. The molecule has 1 fully saturated rings. The van der Waals surface area contributed by atoms with Crippen molar-refractivity contribution in [3.63, 3.8) is 0 Å². The fourth-order valence-electron chi connectivity index (χ4n) is 3.60. The van der Waals surface area contributed by atoms with E-state index in [1.165, 1.54) is 5.56 Å². The highest BCUT2D eigenvalue weighted by Crippen LogP contribution is 2.27. The lowest BCUT2D eigenvalue weighted by Crippen LogP contribution is -2.40. The molecule has 0 saturated carbocycles.